The molecule has 0 saturated carbocycles. The fourth-order valence-corrected chi connectivity index (χ4v) is 3.07. The summed E-state index contributed by atoms with van der Waals surface area (Å²) in [4.78, 5) is 0. The van der Waals surface area contributed by atoms with Gasteiger partial charge in [-0.1, -0.05) is 41.5 Å². The zero-order valence-electron chi connectivity index (χ0n) is 15.1. The molecule has 1 aliphatic rings. The Balaban J connectivity index is 0.000000131. The predicted molar refractivity (Wildman–Crippen MR) is 117 cm³/mol. The quantitative estimate of drug-likeness (QED) is 0.138. The van der Waals surface area contributed by atoms with Crippen LogP contribution in [0.25, 0.3) is 21.9 Å². The SMILES string of the molecule is C[CH]=[Hf]([Cl])[Cl].[c-]1cccc2c1Cc1ccccc1-2.c1ccc2[cH-]ccc2c1. The normalized spacial score (nSPS) is 10.6. The van der Waals surface area contributed by atoms with E-state index in [1.165, 1.54) is 33.0 Å². The third kappa shape index (κ3) is 5.54. The summed E-state index contributed by atoms with van der Waals surface area (Å²) >= 11 is -1.88. The third-order valence-electron chi connectivity index (χ3n) is 4.38. The van der Waals surface area contributed by atoms with Crippen molar-refractivity contribution in [3.63, 3.8) is 0 Å². The van der Waals surface area contributed by atoms with Gasteiger partial charge in [-0.15, -0.1) is 35.2 Å². The van der Waals surface area contributed by atoms with Gasteiger partial charge in [0.15, 0.2) is 0 Å². The van der Waals surface area contributed by atoms with Crippen LogP contribution < -0.4 is 0 Å². The fraction of sp³-hybridized carbons (Fsp3) is 0.0833. The van der Waals surface area contributed by atoms with E-state index in [4.69, 9.17) is 17.2 Å². The largest absolute Gasteiger partial charge is 0.179 e. The number of rotatable bonds is 0. The summed E-state index contributed by atoms with van der Waals surface area (Å²) in [6.07, 6.45) is 1.05. The molecule has 4 aromatic carbocycles. The minimum atomic E-state index is -1.88. The van der Waals surface area contributed by atoms with Crippen LogP contribution in [0.3, 0.4) is 0 Å². The van der Waals surface area contributed by atoms with Gasteiger partial charge in [0.1, 0.15) is 0 Å². The van der Waals surface area contributed by atoms with Crippen molar-refractivity contribution in [2.75, 3.05) is 0 Å². The second-order valence-corrected chi connectivity index (χ2v) is 18.5. The summed E-state index contributed by atoms with van der Waals surface area (Å²) in [5, 5.41) is 2.66. The van der Waals surface area contributed by atoms with Crippen LogP contribution >= 0.6 is 17.2 Å². The Kier molecular flexibility index (Phi) is 7.70. The van der Waals surface area contributed by atoms with Gasteiger partial charge in [0.05, 0.1) is 0 Å². The van der Waals surface area contributed by atoms with Crippen molar-refractivity contribution in [1.29, 1.82) is 0 Å². The molecule has 1 aliphatic carbocycles. The molecule has 0 fully saturated rings. The van der Waals surface area contributed by atoms with E-state index in [9.17, 15) is 0 Å². The summed E-state index contributed by atoms with van der Waals surface area (Å²) in [6, 6.07) is 32.8. The van der Waals surface area contributed by atoms with Crippen LogP contribution in [0.1, 0.15) is 18.1 Å². The van der Waals surface area contributed by atoms with Crippen LogP contribution in [0.5, 0.6) is 0 Å². The molecule has 0 spiro atoms. The van der Waals surface area contributed by atoms with E-state index in [-0.39, 0.29) is 0 Å². The Hall–Kier alpha value is -1.41. The average molecular weight is 558 g/mol. The molecule has 0 radical (unpaired) electrons. The van der Waals surface area contributed by atoms with E-state index in [2.05, 4.69) is 84.9 Å². The van der Waals surface area contributed by atoms with Gasteiger partial charge >= 0.3 is 46.4 Å². The second-order valence-electron chi connectivity index (χ2n) is 6.13. The van der Waals surface area contributed by atoms with Gasteiger partial charge in [-0.3, -0.25) is 0 Å². The molecule has 0 aromatic heterocycles. The Morgan fingerprint density at radius 1 is 0.926 bits per heavy atom. The number of halogens is 2. The molecule has 4 aromatic rings. The van der Waals surface area contributed by atoms with Crippen LogP contribution in [-0.2, 0) is 25.0 Å². The van der Waals surface area contributed by atoms with E-state index < -0.39 is 18.6 Å². The number of hydrogen-bond acceptors (Lipinski definition) is 0. The van der Waals surface area contributed by atoms with Crippen molar-refractivity contribution in [1.82, 2.24) is 0 Å². The molecule has 5 rings (SSSR count). The van der Waals surface area contributed by atoms with Crippen molar-refractivity contribution in [2.24, 2.45) is 0 Å². The van der Waals surface area contributed by atoms with Crippen LogP contribution in [-0.4, -0.2) is 3.76 Å². The number of hydrogen-bond donors (Lipinski definition) is 0. The molecule has 3 heteroatoms. The van der Waals surface area contributed by atoms with E-state index in [1.54, 1.807) is 0 Å². The first-order valence-corrected chi connectivity index (χ1v) is 19.8. The van der Waals surface area contributed by atoms with Gasteiger partial charge in [0.25, 0.3) is 0 Å². The molecule has 0 heterocycles. The van der Waals surface area contributed by atoms with Crippen LogP contribution in [0.15, 0.2) is 84.9 Å². The zero-order valence-corrected chi connectivity index (χ0v) is 20.2. The van der Waals surface area contributed by atoms with Crippen LogP contribution in [0.2, 0.25) is 0 Å². The van der Waals surface area contributed by atoms with E-state index in [1.807, 2.05) is 16.7 Å². The van der Waals surface area contributed by atoms with Gasteiger partial charge in [-0.05, 0) is 6.42 Å². The molecule has 0 unspecified atom stereocenters. The van der Waals surface area contributed by atoms with Crippen molar-refractivity contribution in [3.8, 4) is 11.1 Å². The smallest absolute Gasteiger partial charge is 0.0253 e. The molecule has 0 N–H and O–H groups in total. The van der Waals surface area contributed by atoms with Gasteiger partial charge in [-0.25, -0.2) is 0 Å². The predicted octanol–water partition coefficient (Wildman–Crippen LogP) is 7.35. The average Bonchev–Trinajstić information content (AvgIpc) is 3.33. The molecule has 136 valence electrons. The molecule has 27 heavy (non-hydrogen) atoms. The molecule has 0 atom stereocenters. The second kappa shape index (κ2) is 10.2. The Bertz CT molecular complexity index is 969. The standard InChI is InChI=1S/C13H9.C9H7.C2H4.2ClH.Hf/c1-3-7-12-10(5-1)9-11-6-2-4-8-13(11)12;1-2-5-9-7-3-6-8(9)4-1;1-2;;;/h1-5,7-8H,9H2;1-7H;1H,2H3;2*1H;/q2*-1;;;;+2/p-2. The van der Waals surface area contributed by atoms with Gasteiger partial charge < -0.3 is 0 Å². The van der Waals surface area contributed by atoms with Crippen molar-refractivity contribution in [3.05, 3.63) is 102 Å². The first-order chi connectivity index (χ1) is 13.2. The van der Waals surface area contributed by atoms with E-state index in [0.717, 1.165) is 6.42 Å². The van der Waals surface area contributed by atoms with Gasteiger partial charge in [-0.2, -0.15) is 47.3 Å². The summed E-state index contributed by atoms with van der Waals surface area (Å²) in [5.41, 5.74) is 5.51. The monoisotopic (exact) mass is 558 g/mol. The molecule has 0 aliphatic heterocycles. The third-order valence-corrected chi connectivity index (χ3v) is 9.52. The number of fused-ring (bicyclic) bond motifs is 4. The summed E-state index contributed by atoms with van der Waals surface area (Å²) < 4.78 is 1.91. The van der Waals surface area contributed by atoms with Crippen molar-refractivity contribution >= 4 is 31.7 Å². The maximum absolute atomic E-state index is 5.39. The topological polar surface area (TPSA) is 0 Å². The van der Waals surface area contributed by atoms with Gasteiger partial charge in [0, 0.05) is 0 Å². The van der Waals surface area contributed by atoms with E-state index in [0.29, 0.717) is 0 Å². The molecule has 0 bridgehead atoms. The van der Waals surface area contributed by atoms with Crippen LogP contribution in [0, 0.1) is 6.07 Å². The molecular weight excluding hydrogens is 538 g/mol. The Morgan fingerprint density at radius 2 is 1.63 bits per heavy atom. The summed E-state index contributed by atoms with van der Waals surface area (Å²) in [7, 11) is 10.8. The first-order valence-electron chi connectivity index (χ1n) is 8.84. The maximum atomic E-state index is 5.39. The van der Waals surface area contributed by atoms with Crippen molar-refractivity contribution in [2.45, 2.75) is 13.3 Å². The number of benzene rings is 3. The van der Waals surface area contributed by atoms with Gasteiger partial charge in [0.2, 0.25) is 0 Å². The maximum Gasteiger partial charge on any atom is -0.0253 e. The Morgan fingerprint density at radius 3 is 2.41 bits per heavy atom. The molecular formula is C24H20Cl2Hf-2. The van der Waals surface area contributed by atoms with E-state index >= 15 is 0 Å². The molecule has 0 nitrogen and oxygen atoms in total. The summed E-state index contributed by atoms with van der Waals surface area (Å²) in [6.45, 7) is 1.90. The zero-order chi connectivity index (χ0) is 19.1. The summed E-state index contributed by atoms with van der Waals surface area (Å²) in [5.74, 6) is 0. The minimum Gasteiger partial charge on any atom is -0.179 e. The fourth-order valence-electron chi connectivity index (χ4n) is 3.07. The van der Waals surface area contributed by atoms with Crippen LogP contribution in [0.4, 0.5) is 0 Å². The molecule has 0 saturated heterocycles. The molecule has 0 amide bonds. The minimum absolute atomic E-state index is 1.05. The first kappa shape index (κ1) is 20.3. The Labute approximate surface area is 175 Å². The van der Waals surface area contributed by atoms with Crippen molar-refractivity contribution < 1.29 is 18.6 Å².